The maximum Gasteiger partial charge on any atom is 0.191 e. The first-order valence-corrected chi connectivity index (χ1v) is 10.9. The first-order valence-electron chi connectivity index (χ1n) is 9.97. The number of hydrogen-bond donors (Lipinski definition) is 0. The van der Waals surface area contributed by atoms with Gasteiger partial charge in [-0.3, -0.25) is 0 Å². The van der Waals surface area contributed by atoms with Crippen molar-refractivity contribution in [1.82, 2.24) is 24.3 Å². The van der Waals surface area contributed by atoms with Crippen molar-refractivity contribution < 1.29 is 4.39 Å². The van der Waals surface area contributed by atoms with Gasteiger partial charge in [-0.25, -0.2) is 9.37 Å². The minimum absolute atomic E-state index is 0.210. The van der Waals surface area contributed by atoms with Crippen LogP contribution in [0.4, 0.5) is 4.39 Å². The molecular weight excluding hydrogens is 373 g/mol. The van der Waals surface area contributed by atoms with Crippen LogP contribution in [-0.4, -0.2) is 29.6 Å². The first-order chi connectivity index (χ1) is 13.7. The lowest BCUT2D eigenvalue weighted by atomic mass is 10.1. The van der Waals surface area contributed by atoms with E-state index in [0.717, 1.165) is 41.6 Å². The van der Waals surface area contributed by atoms with E-state index in [1.54, 1.807) is 0 Å². The van der Waals surface area contributed by atoms with E-state index in [0.29, 0.717) is 11.7 Å². The molecule has 0 saturated heterocycles. The highest BCUT2D eigenvalue weighted by Gasteiger charge is 2.21. The van der Waals surface area contributed by atoms with Gasteiger partial charge in [0.05, 0.1) is 12.0 Å². The normalized spacial score (nSPS) is 14.8. The van der Waals surface area contributed by atoms with Crippen molar-refractivity contribution in [3.63, 3.8) is 0 Å². The van der Waals surface area contributed by atoms with Crippen LogP contribution in [0.15, 0.2) is 41.9 Å². The van der Waals surface area contributed by atoms with Crippen LogP contribution in [0.2, 0.25) is 0 Å². The van der Waals surface area contributed by atoms with Gasteiger partial charge >= 0.3 is 0 Å². The van der Waals surface area contributed by atoms with Gasteiger partial charge in [0, 0.05) is 31.5 Å². The molecule has 0 radical (unpaired) electrons. The van der Waals surface area contributed by atoms with E-state index < -0.39 is 0 Å². The standard InChI is InChI=1S/C21H26FN5S/c1-26-14-18(23-15-26)5-4-12-27-20(13-16-8-10-17(22)11-9-16)24-25-21(27)28-19-6-2-3-7-19/h8-11,14-15,19H,2-7,12-13H2,1H3. The van der Waals surface area contributed by atoms with Crippen molar-refractivity contribution in [2.75, 3.05) is 0 Å². The molecular formula is C21H26FN5S. The molecule has 2 heterocycles. The van der Waals surface area contributed by atoms with Crippen molar-refractivity contribution in [1.29, 1.82) is 0 Å². The summed E-state index contributed by atoms with van der Waals surface area (Å²) in [6.07, 6.45) is 11.7. The number of rotatable bonds is 8. The maximum atomic E-state index is 13.2. The van der Waals surface area contributed by atoms with Crippen molar-refractivity contribution in [3.05, 3.63) is 59.7 Å². The minimum Gasteiger partial charge on any atom is -0.340 e. The average Bonchev–Trinajstić information content (AvgIpc) is 3.42. The van der Waals surface area contributed by atoms with Crippen molar-refractivity contribution >= 4 is 11.8 Å². The molecule has 0 aliphatic heterocycles. The molecule has 0 spiro atoms. The molecule has 0 N–H and O–H groups in total. The summed E-state index contributed by atoms with van der Waals surface area (Å²) in [6.45, 7) is 0.870. The summed E-state index contributed by atoms with van der Waals surface area (Å²) in [4.78, 5) is 4.42. The Kier molecular flexibility index (Phi) is 6.10. The van der Waals surface area contributed by atoms with Crippen molar-refractivity contribution in [3.8, 4) is 0 Å². The highest BCUT2D eigenvalue weighted by atomic mass is 32.2. The largest absolute Gasteiger partial charge is 0.340 e. The lowest BCUT2D eigenvalue weighted by Gasteiger charge is -2.12. The topological polar surface area (TPSA) is 48.5 Å². The number of imidazole rings is 1. The molecule has 148 valence electrons. The molecule has 0 unspecified atom stereocenters. The molecule has 28 heavy (non-hydrogen) atoms. The van der Waals surface area contributed by atoms with Crippen LogP contribution in [0, 0.1) is 5.82 Å². The zero-order chi connectivity index (χ0) is 19.3. The average molecular weight is 400 g/mol. The smallest absolute Gasteiger partial charge is 0.191 e. The summed E-state index contributed by atoms with van der Waals surface area (Å²) in [7, 11) is 1.99. The Morgan fingerprint density at radius 1 is 1.14 bits per heavy atom. The third kappa shape index (κ3) is 4.82. The molecule has 1 fully saturated rings. The molecule has 0 amide bonds. The predicted molar refractivity (Wildman–Crippen MR) is 109 cm³/mol. The fourth-order valence-corrected chi connectivity index (χ4v) is 5.00. The molecule has 3 aromatic rings. The Bertz CT molecular complexity index is 896. The van der Waals surface area contributed by atoms with Crippen LogP contribution < -0.4 is 0 Å². The van der Waals surface area contributed by atoms with Crippen LogP contribution in [-0.2, 0) is 26.4 Å². The van der Waals surface area contributed by atoms with E-state index in [1.165, 1.54) is 37.8 Å². The monoisotopic (exact) mass is 399 g/mol. The molecule has 4 rings (SSSR count). The van der Waals surface area contributed by atoms with Gasteiger partial charge in [0.2, 0.25) is 0 Å². The molecule has 1 saturated carbocycles. The molecule has 1 aliphatic carbocycles. The van der Waals surface area contributed by atoms with E-state index in [-0.39, 0.29) is 5.82 Å². The van der Waals surface area contributed by atoms with Crippen LogP contribution in [0.5, 0.6) is 0 Å². The number of aryl methyl sites for hydroxylation is 2. The van der Waals surface area contributed by atoms with E-state index >= 15 is 0 Å². The Labute approximate surface area is 169 Å². The Morgan fingerprint density at radius 2 is 1.93 bits per heavy atom. The summed E-state index contributed by atoms with van der Waals surface area (Å²) < 4.78 is 17.5. The molecule has 1 aromatic carbocycles. The number of nitrogens with zero attached hydrogens (tertiary/aromatic N) is 5. The molecule has 0 atom stereocenters. The van der Waals surface area contributed by atoms with E-state index in [1.807, 2.05) is 41.8 Å². The van der Waals surface area contributed by atoms with Gasteiger partial charge in [0.25, 0.3) is 0 Å². The predicted octanol–water partition coefficient (Wildman–Crippen LogP) is 4.41. The summed E-state index contributed by atoms with van der Waals surface area (Å²) >= 11 is 1.87. The first kappa shape index (κ1) is 19.2. The van der Waals surface area contributed by atoms with Gasteiger partial charge in [-0.05, 0) is 43.4 Å². The summed E-state index contributed by atoms with van der Waals surface area (Å²) in [5.41, 5.74) is 2.16. The summed E-state index contributed by atoms with van der Waals surface area (Å²) in [5.74, 6) is 0.742. The fraction of sp³-hybridized carbons (Fsp3) is 0.476. The van der Waals surface area contributed by atoms with Gasteiger partial charge in [-0.2, -0.15) is 0 Å². The second-order valence-electron chi connectivity index (χ2n) is 7.51. The van der Waals surface area contributed by atoms with Gasteiger partial charge in [-0.15, -0.1) is 10.2 Å². The second kappa shape index (κ2) is 8.90. The van der Waals surface area contributed by atoms with Gasteiger partial charge in [-0.1, -0.05) is 36.7 Å². The Morgan fingerprint density at radius 3 is 2.64 bits per heavy atom. The lowest BCUT2D eigenvalue weighted by molar-refractivity contribution is 0.571. The lowest BCUT2D eigenvalue weighted by Crippen LogP contribution is -2.09. The number of halogens is 1. The molecule has 5 nitrogen and oxygen atoms in total. The molecule has 0 bridgehead atoms. The van der Waals surface area contributed by atoms with E-state index in [4.69, 9.17) is 0 Å². The van der Waals surface area contributed by atoms with Gasteiger partial charge in [0.1, 0.15) is 11.6 Å². The number of hydrogen-bond acceptors (Lipinski definition) is 4. The Balaban J connectivity index is 1.48. The van der Waals surface area contributed by atoms with Gasteiger partial charge in [0.15, 0.2) is 5.16 Å². The summed E-state index contributed by atoms with van der Waals surface area (Å²) in [5, 5.41) is 10.7. The maximum absolute atomic E-state index is 13.2. The van der Waals surface area contributed by atoms with Crippen LogP contribution in [0.3, 0.4) is 0 Å². The molecule has 1 aliphatic rings. The third-order valence-corrected chi connectivity index (χ3v) is 6.53. The van der Waals surface area contributed by atoms with Crippen LogP contribution >= 0.6 is 11.8 Å². The van der Waals surface area contributed by atoms with Crippen LogP contribution in [0.25, 0.3) is 0 Å². The van der Waals surface area contributed by atoms with E-state index in [2.05, 4.69) is 25.9 Å². The number of benzene rings is 1. The zero-order valence-corrected chi connectivity index (χ0v) is 17.0. The third-order valence-electron chi connectivity index (χ3n) is 5.22. The Hall–Kier alpha value is -2.15. The quantitative estimate of drug-likeness (QED) is 0.563. The minimum atomic E-state index is -0.210. The highest BCUT2D eigenvalue weighted by molar-refractivity contribution is 7.99. The highest BCUT2D eigenvalue weighted by Crippen LogP contribution is 2.34. The molecule has 2 aromatic heterocycles. The number of thioether (sulfide) groups is 1. The van der Waals surface area contributed by atoms with Crippen molar-refractivity contribution in [2.24, 2.45) is 7.05 Å². The summed E-state index contributed by atoms with van der Waals surface area (Å²) in [6, 6.07) is 6.66. The van der Waals surface area contributed by atoms with Crippen LogP contribution in [0.1, 0.15) is 49.2 Å². The second-order valence-corrected chi connectivity index (χ2v) is 8.78. The SMILES string of the molecule is Cn1cnc(CCCn2c(Cc3ccc(F)cc3)nnc2SC2CCCC2)c1. The van der Waals surface area contributed by atoms with E-state index in [9.17, 15) is 4.39 Å². The number of aromatic nitrogens is 5. The zero-order valence-electron chi connectivity index (χ0n) is 16.2. The van der Waals surface area contributed by atoms with Gasteiger partial charge < -0.3 is 9.13 Å². The fourth-order valence-electron chi connectivity index (χ4n) is 3.72. The molecule has 7 heteroatoms. The van der Waals surface area contributed by atoms with Crippen molar-refractivity contribution in [2.45, 2.75) is 61.9 Å².